The summed E-state index contributed by atoms with van der Waals surface area (Å²) in [5.74, 6) is 1.46. The first-order chi connectivity index (χ1) is 13.1. The Morgan fingerprint density at radius 3 is 2.67 bits per heavy atom. The lowest BCUT2D eigenvalue weighted by Gasteiger charge is -2.24. The lowest BCUT2D eigenvalue weighted by atomic mass is 9.94. The van der Waals surface area contributed by atoms with E-state index in [4.69, 9.17) is 10.5 Å². The molecule has 1 aromatic carbocycles. The first-order valence-electron chi connectivity index (χ1n) is 9.46. The second-order valence-electron chi connectivity index (χ2n) is 7.16. The molecule has 1 heterocycles. The van der Waals surface area contributed by atoms with Gasteiger partial charge in [0.05, 0.1) is 5.56 Å². The summed E-state index contributed by atoms with van der Waals surface area (Å²) in [6.07, 6.45) is 10.8. The third kappa shape index (κ3) is 5.93. The van der Waals surface area contributed by atoms with Gasteiger partial charge in [0.2, 0.25) is 11.8 Å². The largest absolute Gasteiger partial charge is 0.439 e. The molecular formula is C22H27N3O2. The summed E-state index contributed by atoms with van der Waals surface area (Å²) in [5.41, 5.74) is 6.86. The molecule has 0 aliphatic heterocycles. The Labute approximate surface area is 160 Å². The second kappa shape index (κ2) is 9.33. The van der Waals surface area contributed by atoms with Crippen LogP contribution in [0.1, 0.15) is 35.2 Å². The number of ether oxygens (including phenoxy) is 1. The normalized spacial score (nSPS) is 16.4. The van der Waals surface area contributed by atoms with Gasteiger partial charge in [-0.1, -0.05) is 24.3 Å². The van der Waals surface area contributed by atoms with E-state index in [2.05, 4.69) is 41.2 Å². The maximum atomic E-state index is 11.1. The van der Waals surface area contributed by atoms with Crippen LogP contribution < -0.4 is 10.5 Å². The SMILES string of the molecule is CN(CCc1ccc(Oc2ccc(C(N)=O)cn2)cc1)CC1CC=CCC1. The lowest BCUT2D eigenvalue weighted by Crippen LogP contribution is -2.28. The van der Waals surface area contributed by atoms with Crippen LogP contribution in [0.3, 0.4) is 0 Å². The van der Waals surface area contributed by atoms with Crippen LogP contribution in [0, 0.1) is 5.92 Å². The van der Waals surface area contributed by atoms with E-state index in [0.717, 1.165) is 24.6 Å². The minimum absolute atomic E-state index is 0.367. The summed E-state index contributed by atoms with van der Waals surface area (Å²) in [5, 5.41) is 0. The Hall–Kier alpha value is -2.66. The summed E-state index contributed by atoms with van der Waals surface area (Å²) < 4.78 is 5.71. The van der Waals surface area contributed by atoms with Gasteiger partial charge < -0.3 is 15.4 Å². The fourth-order valence-corrected chi connectivity index (χ4v) is 3.31. The Kier molecular flexibility index (Phi) is 6.60. The zero-order chi connectivity index (χ0) is 19.1. The van der Waals surface area contributed by atoms with Gasteiger partial charge in [-0.3, -0.25) is 4.79 Å². The van der Waals surface area contributed by atoms with Crippen molar-refractivity contribution in [1.82, 2.24) is 9.88 Å². The molecule has 1 amide bonds. The number of primary amides is 1. The molecule has 5 heteroatoms. The molecule has 0 spiro atoms. The minimum Gasteiger partial charge on any atom is -0.439 e. The number of carbonyl (C=O) groups is 1. The van der Waals surface area contributed by atoms with Gasteiger partial charge in [0.15, 0.2) is 0 Å². The number of nitrogens with two attached hydrogens (primary N) is 1. The predicted molar refractivity (Wildman–Crippen MR) is 107 cm³/mol. The van der Waals surface area contributed by atoms with Crippen molar-refractivity contribution in [2.75, 3.05) is 20.1 Å². The number of rotatable bonds is 8. The van der Waals surface area contributed by atoms with Crippen LogP contribution in [-0.2, 0) is 6.42 Å². The van der Waals surface area contributed by atoms with Crippen LogP contribution in [0.25, 0.3) is 0 Å². The fourth-order valence-electron chi connectivity index (χ4n) is 3.31. The molecule has 1 aliphatic carbocycles. The van der Waals surface area contributed by atoms with E-state index in [0.29, 0.717) is 11.4 Å². The van der Waals surface area contributed by atoms with E-state index in [1.807, 2.05) is 12.1 Å². The minimum atomic E-state index is -0.497. The van der Waals surface area contributed by atoms with Crippen molar-refractivity contribution in [3.8, 4) is 11.6 Å². The van der Waals surface area contributed by atoms with Gasteiger partial charge in [-0.15, -0.1) is 0 Å². The van der Waals surface area contributed by atoms with E-state index in [-0.39, 0.29) is 0 Å². The summed E-state index contributed by atoms with van der Waals surface area (Å²) in [7, 11) is 2.21. The van der Waals surface area contributed by atoms with Gasteiger partial charge in [-0.25, -0.2) is 4.98 Å². The first-order valence-corrected chi connectivity index (χ1v) is 9.46. The predicted octanol–water partition coefficient (Wildman–Crippen LogP) is 3.80. The zero-order valence-corrected chi connectivity index (χ0v) is 15.8. The van der Waals surface area contributed by atoms with Crippen molar-refractivity contribution in [1.29, 1.82) is 0 Å². The quantitative estimate of drug-likeness (QED) is 0.723. The number of hydrogen-bond acceptors (Lipinski definition) is 4. The van der Waals surface area contributed by atoms with Crippen LogP contribution in [-0.4, -0.2) is 35.9 Å². The number of likely N-dealkylation sites (N-methyl/N-ethyl adjacent to an activating group) is 1. The van der Waals surface area contributed by atoms with Crippen molar-refractivity contribution in [2.45, 2.75) is 25.7 Å². The molecule has 0 bridgehead atoms. The average Bonchev–Trinajstić information content (AvgIpc) is 2.69. The summed E-state index contributed by atoms with van der Waals surface area (Å²) in [6.45, 7) is 2.22. The van der Waals surface area contributed by atoms with Crippen LogP contribution in [0.5, 0.6) is 11.6 Å². The summed E-state index contributed by atoms with van der Waals surface area (Å²) in [6, 6.07) is 11.3. The molecule has 0 fully saturated rings. The summed E-state index contributed by atoms with van der Waals surface area (Å²) >= 11 is 0. The summed E-state index contributed by atoms with van der Waals surface area (Å²) in [4.78, 5) is 17.6. The van der Waals surface area contributed by atoms with E-state index in [9.17, 15) is 4.79 Å². The standard InChI is InChI=1S/C22H27N3O2/c1-25(16-18-5-3-2-4-6-18)14-13-17-7-10-20(11-8-17)27-21-12-9-19(15-24-21)22(23)26/h2-3,7-12,15,18H,4-6,13-14,16H2,1H3,(H2,23,26). The maximum absolute atomic E-state index is 11.1. The van der Waals surface area contributed by atoms with Crippen LogP contribution >= 0.6 is 0 Å². The van der Waals surface area contributed by atoms with E-state index in [1.54, 1.807) is 12.1 Å². The Morgan fingerprint density at radius 2 is 2.04 bits per heavy atom. The monoisotopic (exact) mass is 365 g/mol. The van der Waals surface area contributed by atoms with Gasteiger partial charge in [-0.05, 0) is 62.4 Å². The van der Waals surface area contributed by atoms with Crippen LogP contribution in [0.15, 0.2) is 54.7 Å². The third-order valence-electron chi connectivity index (χ3n) is 4.90. The molecule has 0 radical (unpaired) electrons. The highest BCUT2D eigenvalue weighted by Crippen LogP contribution is 2.21. The van der Waals surface area contributed by atoms with Crippen molar-refractivity contribution >= 4 is 5.91 Å². The van der Waals surface area contributed by atoms with Gasteiger partial charge >= 0.3 is 0 Å². The molecule has 0 saturated carbocycles. The van der Waals surface area contributed by atoms with Crippen LogP contribution in [0.4, 0.5) is 0 Å². The first kappa shape index (κ1) is 19.1. The van der Waals surface area contributed by atoms with E-state index in [1.165, 1.54) is 37.6 Å². The maximum Gasteiger partial charge on any atom is 0.250 e. The fraction of sp³-hybridized carbons (Fsp3) is 0.364. The molecular weight excluding hydrogens is 338 g/mol. The molecule has 1 aromatic heterocycles. The third-order valence-corrected chi connectivity index (χ3v) is 4.90. The number of hydrogen-bond donors (Lipinski definition) is 1. The smallest absolute Gasteiger partial charge is 0.250 e. The Morgan fingerprint density at radius 1 is 1.22 bits per heavy atom. The molecule has 1 atom stereocenters. The highest BCUT2D eigenvalue weighted by molar-refractivity contribution is 5.92. The van der Waals surface area contributed by atoms with Gasteiger partial charge in [0, 0.05) is 25.4 Å². The van der Waals surface area contributed by atoms with Crippen LogP contribution in [0.2, 0.25) is 0 Å². The second-order valence-corrected chi connectivity index (χ2v) is 7.16. The Bertz CT molecular complexity index is 769. The molecule has 2 aromatic rings. The number of carbonyl (C=O) groups excluding carboxylic acids is 1. The zero-order valence-electron chi connectivity index (χ0n) is 15.8. The molecule has 1 unspecified atom stereocenters. The number of allylic oxidation sites excluding steroid dienone is 2. The molecule has 1 aliphatic rings. The number of aromatic nitrogens is 1. The number of benzene rings is 1. The molecule has 27 heavy (non-hydrogen) atoms. The van der Waals surface area contributed by atoms with Gasteiger partial charge in [0.1, 0.15) is 5.75 Å². The van der Waals surface area contributed by atoms with Crippen molar-refractivity contribution in [3.63, 3.8) is 0 Å². The van der Waals surface area contributed by atoms with E-state index < -0.39 is 5.91 Å². The molecule has 3 rings (SSSR count). The van der Waals surface area contributed by atoms with Crippen molar-refractivity contribution in [3.05, 3.63) is 65.9 Å². The number of nitrogens with zero attached hydrogens (tertiary/aromatic N) is 2. The van der Waals surface area contributed by atoms with E-state index >= 15 is 0 Å². The highest BCUT2D eigenvalue weighted by atomic mass is 16.5. The highest BCUT2D eigenvalue weighted by Gasteiger charge is 2.12. The Balaban J connectivity index is 1.46. The number of amides is 1. The topological polar surface area (TPSA) is 68.5 Å². The number of pyridine rings is 1. The molecule has 142 valence electrons. The molecule has 5 nitrogen and oxygen atoms in total. The molecule has 2 N–H and O–H groups in total. The lowest BCUT2D eigenvalue weighted by molar-refractivity contribution is 0.1000. The average molecular weight is 365 g/mol. The molecule has 0 saturated heterocycles. The van der Waals surface area contributed by atoms with Crippen molar-refractivity contribution in [2.24, 2.45) is 11.7 Å². The van der Waals surface area contributed by atoms with Crippen molar-refractivity contribution < 1.29 is 9.53 Å². The van der Waals surface area contributed by atoms with Gasteiger partial charge in [0.25, 0.3) is 0 Å². The van der Waals surface area contributed by atoms with Gasteiger partial charge in [-0.2, -0.15) is 0 Å².